The molecule has 0 saturated heterocycles. The number of aryl methyl sites for hydroxylation is 1. The second kappa shape index (κ2) is 2.88. The monoisotopic (exact) mass is 121 g/mol. The van der Waals surface area contributed by atoms with Crippen LogP contribution in [0.4, 0.5) is 0 Å². The van der Waals surface area contributed by atoms with E-state index in [-0.39, 0.29) is 0 Å². The normalized spacial score (nSPS) is 8.78. The fraction of sp³-hybridized carbons (Fsp3) is 0.333. The molecule has 3 heteroatoms. The van der Waals surface area contributed by atoms with E-state index in [4.69, 9.17) is 6.42 Å². The highest BCUT2D eigenvalue weighted by Gasteiger charge is 1.85. The lowest BCUT2D eigenvalue weighted by atomic mass is 10.4. The summed E-state index contributed by atoms with van der Waals surface area (Å²) in [6.45, 7) is 0.760. The van der Waals surface area contributed by atoms with Crippen LogP contribution in [0, 0.1) is 12.3 Å². The topological polar surface area (TPSA) is 30.7 Å². The molecule has 0 radical (unpaired) electrons. The molecule has 1 aromatic rings. The summed E-state index contributed by atoms with van der Waals surface area (Å²) in [7, 11) is 0. The molecule has 0 bridgehead atoms. The van der Waals surface area contributed by atoms with E-state index in [9.17, 15) is 0 Å². The first-order chi connectivity index (χ1) is 4.43. The molecule has 3 nitrogen and oxygen atoms in total. The maximum absolute atomic E-state index is 5.03. The molecule has 0 aliphatic carbocycles. The van der Waals surface area contributed by atoms with Crippen LogP contribution in [0.1, 0.15) is 6.42 Å². The minimum atomic E-state index is 0.712. The van der Waals surface area contributed by atoms with Crippen molar-refractivity contribution in [2.45, 2.75) is 13.0 Å². The Hall–Kier alpha value is -1.30. The van der Waals surface area contributed by atoms with E-state index >= 15 is 0 Å². The first-order valence-electron chi connectivity index (χ1n) is 2.71. The van der Waals surface area contributed by atoms with Crippen molar-refractivity contribution in [2.24, 2.45) is 0 Å². The Balaban J connectivity index is 2.41. The Morgan fingerprint density at radius 2 is 2.56 bits per heavy atom. The standard InChI is InChI=1S/C6H7N3/c1-2-3-5-9-6-4-7-8-9/h1,4,6H,3,5H2. The van der Waals surface area contributed by atoms with Gasteiger partial charge in [-0.3, -0.25) is 4.68 Å². The molecule has 0 unspecified atom stereocenters. The van der Waals surface area contributed by atoms with Crippen LogP contribution in [0.2, 0.25) is 0 Å². The Labute approximate surface area is 53.7 Å². The van der Waals surface area contributed by atoms with E-state index in [0.717, 1.165) is 6.54 Å². The van der Waals surface area contributed by atoms with Crippen LogP contribution in [0.25, 0.3) is 0 Å². The summed E-state index contributed by atoms with van der Waals surface area (Å²) >= 11 is 0. The maximum atomic E-state index is 5.03. The molecule has 0 atom stereocenters. The third-order valence-electron chi connectivity index (χ3n) is 0.957. The molecule has 0 aliphatic rings. The van der Waals surface area contributed by atoms with E-state index < -0.39 is 0 Å². The van der Waals surface area contributed by atoms with Crippen molar-refractivity contribution in [1.29, 1.82) is 0 Å². The van der Waals surface area contributed by atoms with Crippen LogP contribution in [-0.2, 0) is 6.54 Å². The fourth-order valence-electron chi connectivity index (χ4n) is 0.531. The zero-order chi connectivity index (χ0) is 6.53. The third-order valence-corrected chi connectivity index (χ3v) is 0.957. The van der Waals surface area contributed by atoms with Gasteiger partial charge in [-0.15, -0.1) is 17.4 Å². The molecular weight excluding hydrogens is 114 g/mol. The average molecular weight is 121 g/mol. The largest absolute Gasteiger partial charge is 0.252 e. The minimum absolute atomic E-state index is 0.712. The molecule has 0 spiro atoms. The summed E-state index contributed by atoms with van der Waals surface area (Å²) in [6.07, 6.45) is 9.17. The summed E-state index contributed by atoms with van der Waals surface area (Å²) < 4.78 is 1.71. The highest BCUT2D eigenvalue weighted by Crippen LogP contribution is 1.83. The third kappa shape index (κ3) is 1.57. The van der Waals surface area contributed by atoms with Crippen LogP contribution >= 0.6 is 0 Å². The van der Waals surface area contributed by atoms with Crippen molar-refractivity contribution < 1.29 is 0 Å². The Kier molecular flexibility index (Phi) is 1.86. The van der Waals surface area contributed by atoms with E-state index in [0.29, 0.717) is 6.42 Å². The van der Waals surface area contributed by atoms with Gasteiger partial charge in [-0.2, -0.15) is 0 Å². The van der Waals surface area contributed by atoms with E-state index in [1.807, 2.05) is 0 Å². The van der Waals surface area contributed by atoms with Crippen LogP contribution in [0.5, 0.6) is 0 Å². The van der Waals surface area contributed by atoms with Crippen molar-refractivity contribution in [1.82, 2.24) is 15.0 Å². The number of hydrogen-bond donors (Lipinski definition) is 0. The van der Waals surface area contributed by atoms with Gasteiger partial charge in [0.1, 0.15) is 0 Å². The summed E-state index contributed by atoms with van der Waals surface area (Å²) in [6, 6.07) is 0. The summed E-state index contributed by atoms with van der Waals surface area (Å²) in [4.78, 5) is 0. The van der Waals surface area contributed by atoms with E-state index in [1.165, 1.54) is 0 Å². The Bertz CT molecular complexity index is 195. The fourth-order valence-corrected chi connectivity index (χ4v) is 0.531. The zero-order valence-electron chi connectivity index (χ0n) is 4.99. The van der Waals surface area contributed by atoms with Gasteiger partial charge in [-0.25, -0.2) is 0 Å². The van der Waals surface area contributed by atoms with Crippen molar-refractivity contribution in [3.63, 3.8) is 0 Å². The summed E-state index contributed by atoms with van der Waals surface area (Å²) in [5.41, 5.74) is 0. The lowest BCUT2D eigenvalue weighted by Gasteiger charge is -1.90. The lowest BCUT2D eigenvalue weighted by molar-refractivity contribution is 0.602. The molecule has 9 heavy (non-hydrogen) atoms. The second-order valence-electron chi connectivity index (χ2n) is 1.62. The van der Waals surface area contributed by atoms with Crippen LogP contribution in [0.15, 0.2) is 12.4 Å². The van der Waals surface area contributed by atoms with Crippen molar-refractivity contribution in [2.75, 3.05) is 0 Å². The van der Waals surface area contributed by atoms with E-state index in [1.54, 1.807) is 17.1 Å². The lowest BCUT2D eigenvalue weighted by Crippen LogP contribution is -1.96. The summed E-state index contributed by atoms with van der Waals surface area (Å²) in [5, 5.41) is 7.34. The van der Waals surface area contributed by atoms with Gasteiger partial charge >= 0.3 is 0 Å². The molecule has 0 saturated carbocycles. The quantitative estimate of drug-likeness (QED) is 0.527. The van der Waals surface area contributed by atoms with Gasteiger partial charge in [0, 0.05) is 12.6 Å². The van der Waals surface area contributed by atoms with Crippen molar-refractivity contribution in [3.8, 4) is 12.3 Å². The molecule has 0 aliphatic heterocycles. The number of aromatic nitrogens is 3. The van der Waals surface area contributed by atoms with Crippen molar-refractivity contribution in [3.05, 3.63) is 12.4 Å². The molecule has 0 amide bonds. The Morgan fingerprint density at radius 1 is 1.67 bits per heavy atom. The zero-order valence-corrected chi connectivity index (χ0v) is 4.99. The van der Waals surface area contributed by atoms with Crippen LogP contribution in [0.3, 0.4) is 0 Å². The maximum Gasteiger partial charge on any atom is 0.0692 e. The van der Waals surface area contributed by atoms with Gasteiger partial charge < -0.3 is 0 Å². The first-order valence-corrected chi connectivity index (χ1v) is 2.71. The number of terminal acetylenes is 1. The van der Waals surface area contributed by atoms with Gasteiger partial charge in [-0.05, 0) is 0 Å². The molecule has 0 fully saturated rings. The van der Waals surface area contributed by atoms with Gasteiger partial charge in [0.2, 0.25) is 0 Å². The molecule has 1 heterocycles. The summed E-state index contributed by atoms with van der Waals surface area (Å²) in [5.74, 6) is 2.52. The molecular formula is C6H7N3. The van der Waals surface area contributed by atoms with Gasteiger partial charge in [-0.1, -0.05) is 5.21 Å². The molecule has 0 N–H and O–H groups in total. The Morgan fingerprint density at radius 3 is 3.11 bits per heavy atom. The molecule has 0 aromatic carbocycles. The van der Waals surface area contributed by atoms with Crippen molar-refractivity contribution >= 4 is 0 Å². The first kappa shape index (κ1) is 5.83. The highest BCUT2D eigenvalue weighted by atomic mass is 15.4. The highest BCUT2D eigenvalue weighted by molar-refractivity contribution is 4.83. The van der Waals surface area contributed by atoms with E-state index in [2.05, 4.69) is 16.2 Å². The van der Waals surface area contributed by atoms with Gasteiger partial charge in [0.15, 0.2) is 0 Å². The predicted molar refractivity (Wildman–Crippen MR) is 33.5 cm³/mol. The second-order valence-corrected chi connectivity index (χ2v) is 1.62. The van der Waals surface area contributed by atoms with Gasteiger partial charge in [0.25, 0.3) is 0 Å². The van der Waals surface area contributed by atoms with Gasteiger partial charge in [0.05, 0.1) is 12.7 Å². The number of rotatable bonds is 2. The smallest absolute Gasteiger partial charge is 0.0692 e. The average Bonchev–Trinajstić information content (AvgIpc) is 2.34. The van der Waals surface area contributed by atoms with Crippen LogP contribution in [-0.4, -0.2) is 15.0 Å². The number of nitrogens with zero attached hydrogens (tertiary/aromatic N) is 3. The molecule has 1 rings (SSSR count). The van der Waals surface area contributed by atoms with Crippen LogP contribution < -0.4 is 0 Å². The molecule has 1 aromatic heterocycles. The predicted octanol–water partition coefficient (Wildman–Crippen LogP) is 0.301. The molecule has 46 valence electrons. The SMILES string of the molecule is C#CCCn1ccnn1. The number of hydrogen-bond acceptors (Lipinski definition) is 2. The minimum Gasteiger partial charge on any atom is -0.252 e.